The van der Waals surface area contributed by atoms with Crippen LogP contribution in [0.1, 0.15) is 105 Å². The van der Waals surface area contributed by atoms with Crippen molar-refractivity contribution in [1.29, 1.82) is 0 Å². The molecule has 0 aromatic rings. The van der Waals surface area contributed by atoms with Crippen molar-refractivity contribution in [3.63, 3.8) is 0 Å². The Morgan fingerprint density at radius 2 is 1.33 bits per heavy atom. The molecular weight excluding hydrogens is 332 g/mol. The van der Waals surface area contributed by atoms with Crippen molar-refractivity contribution >= 4 is 5.91 Å². The van der Waals surface area contributed by atoms with E-state index in [1.165, 1.54) is 83.1 Å². The number of hydrogen-bond acceptors (Lipinski definition) is 2. The second-order valence-electron chi connectivity index (χ2n) is 8.66. The lowest BCUT2D eigenvalue weighted by molar-refractivity contribution is -0.134. The van der Waals surface area contributed by atoms with Gasteiger partial charge < -0.3 is 4.90 Å². The average molecular weight is 379 g/mol. The highest BCUT2D eigenvalue weighted by Crippen LogP contribution is 2.24. The lowest BCUT2D eigenvalue weighted by Crippen LogP contribution is -2.60. The van der Waals surface area contributed by atoms with Crippen LogP contribution in [-0.2, 0) is 4.79 Å². The van der Waals surface area contributed by atoms with Crippen molar-refractivity contribution in [2.75, 3.05) is 13.1 Å². The second-order valence-corrected chi connectivity index (χ2v) is 8.66. The van der Waals surface area contributed by atoms with E-state index in [1.54, 1.807) is 0 Å². The smallest absolute Gasteiger partial charge is 0.246 e. The lowest BCUT2D eigenvalue weighted by Gasteiger charge is -2.47. The molecule has 0 N–H and O–H groups in total. The van der Waals surface area contributed by atoms with Crippen LogP contribution in [0, 0.1) is 0 Å². The summed E-state index contributed by atoms with van der Waals surface area (Å²) in [5, 5.41) is 0. The quantitative estimate of drug-likeness (QED) is 0.266. The molecule has 0 bridgehead atoms. The van der Waals surface area contributed by atoms with E-state index in [0.29, 0.717) is 6.04 Å². The van der Waals surface area contributed by atoms with Gasteiger partial charge in [0, 0.05) is 31.2 Å². The molecule has 1 amide bonds. The number of piperazine rings is 1. The minimum absolute atomic E-state index is 0.0883. The van der Waals surface area contributed by atoms with Gasteiger partial charge in [-0.25, -0.2) is 0 Å². The summed E-state index contributed by atoms with van der Waals surface area (Å²) < 4.78 is 0. The average Bonchev–Trinajstić information content (AvgIpc) is 2.65. The van der Waals surface area contributed by atoms with Crippen LogP contribution in [0.3, 0.4) is 0 Å². The lowest BCUT2D eigenvalue weighted by atomic mass is 9.96. The summed E-state index contributed by atoms with van der Waals surface area (Å²) in [6, 6.07) is 1.25. The van der Waals surface area contributed by atoms with Crippen molar-refractivity contribution in [3.8, 4) is 0 Å². The Balaban J connectivity index is 2.58. The summed E-state index contributed by atoms with van der Waals surface area (Å²) in [4.78, 5) is 16.9. The molecule has 0 saturated carbocycles. The Kier molecular flexibility index (Phi) is 12.7. The van der Waals surface area contributed by atoms with Gasteiger partial charge >= 0.3 is 0 Å². The maximum absolute atomic E-state index is 12.2. The molecule has 1 heterocycles. The van der Waals surface area contributed by atoms with E-state index in [-0.39, 0.29) is 18.0 Å². The van der Waals surface area contributed by atoms with Gasteiger partial charge in [-0.15, -0.1) is 0 Å². The van der Waals surface area contributed by atoms with Gasteiger partial charge in [-0.3, -0.25) is 9.69 Å². The fourth-order valence-corrected chi connectivity index (χ4v) is 4.68. The molecule has 1 rings (SSSR count). The number of carbonyl (C=O) groups is 1. The molecule has 0 unspecified atom stereocenters. The molecular formula is C24H46N2O. The molecule has 0 radical (unpaired) electrons. The monoisotopic (exact) mass is 378 g/mol. The van der Waals surface area contributed by atoms with Gasteiger partial charge in [0.25, 0.3) is 0 Å². The third-order valence-electron chi connectivity index (χ3n) is 6.17. The number of nitrogens with zero attached hydrogens (tertiary/aromatic N) is 2. The first-order chi connectivity index (χ1) is 13.0. The molecule has 0 aromatic carbocycles. The Labute approximate surface area is 169 Å². The van der Waals surface area contributed by atoms with Crippen LogP contribution in [-0.4, -0.2) is 46.9 Å². The van der Waals surface area contributed by atoms with E-state index < -0.39 is 0 Å². The third-order valence-corrected chi connectivity index (χ3v) is 6.17. The van der Waals surface area contributed by atoms with Crippen LogP contribution in [0.4, 0.5) is 0 Å². The van der Waals surface area contributed by atoms with Crippen molar-refractivity contribution < 1.29 is 4.79 Å². The Hall–Kier alpha value is -0.830. The molecule has 0 aromatic heterocycles. The number of unbranched alkanes of at least 4 members (excludes halogenated alkanes) is 8. The zero-order chi connectivity index (χ0) is 20.1. The topological polar surface area (TPSA) is 23.6 Å². The fraction of sp³-hybridized carbons (Fsp3) is 0.875. The van der Waals surface area contributed by atoms with Crippen molar-refractivity contribution in [3.05, 3.63) is 12.7 Å². The third kappa shape index (κ3) is 8.81. The maximum Gasteiger partial charge on any atom is 0.246 e. The molecule has 1 aliphatic heterocycles. The zero-order valence-electron chi connectivity index (χ0n) is 18.7. The predicted octanol–water partition coefficient (Wildman–Crippen LogP) is 6.18. The first kappa shape index (κ1) is 24.2. The van der Waals surface area contributed by atoms with Gasteiger partial charge in [0.05, 0.1) is 0 Å². The fourth-order valence-electron chi connectivity index (χ4n) is 4.68. The minimum Gasteiger partial charge on any atom is -0.331 e. The zero-order valence-corrected chi connectivity index (χ0v) is 18.7. The van der Waals surface area contributed by atoms with Gasteiger partial charge in [0.15, 0.2) is 0 Å². The van der Waals surface area contributed by atoms with Gasteiger partial charge in [-0.05, 0) is 32.8 Å². The molecule has 3 nitrogen and oxygen atoms in total. The molecule has 3 heteroatoms. The van der Waals surface area contributed by atoms with Crippen LogP contribution in [0.2, 0.25) is 0 Å². The Morgan fingerprint density at radius 3 is 1.74 bits per heavy atom. The number of carbonyl (C=O) groups excluding carboxylic acids is 1. The van der Waals surface area contributed by atoms with Crippen LogP contribution in [0.5, 0.6) is 0 Å². The molecule has 0 spiro atoms. The normalized spacial score (nSPS) is 21.0. The number of hydrogen-bond donors (Lipinski definition) is 0. The molecule has 158 valence electrons. The molecule has 1 saturated heterocycles. The van der Waals surface area contributed by atoms with Gasteiger partial charge in [-0.2, -0.15) is 0 Å². The highest BCUT2D eigenvalue weighted by Gasteiger charge is 2.34. The van der Waals surface area contributed by atoms with Crippen LogP contribution < -0.4 is 0 Å². The number of amides is 1. The molecule has 27 heavy (non-hydrogen) atoms. The van der Waals surface area contributed by atoms with Crippen molar-refractivity contribution in [1.82, 2.24) is 9.80 Å². The van der Waals surface area contributed by atoms with Crippen LogP contribution in [0.15, 0.2) is 12.7 Å². The first-order valence-corrected chi connectivity index (χ1v) is 11.7. The summed E-state index contributed by atoms with van der Waals surface area (Å²) in [6.45, 7) is 14.7. The predicted molar refractivity (Wildman–Crippen MR) is 118 cm³/mol. The van der Waals surface area contributed by atoms with E-state index in [0.717, 1.165) is 13.1 Å². The van der Waals surface area contributed by atoms with E-state index in [1.807, 2.05) is 4.90 Å². The highest BCUT2D eigenvalue weighted by molar-refractivity contribution is 5.87. The summed E-state index contributed by atoms with van der Waals surface area (Å²) in [7, 11) is 0. The standard InChI is InChI=1S/C24H46N2O/c1-6-9-11-13-15-17-23(18-16-14-12-10-7-2)25-19-21(4)26(22(5)20-25)24(27)8-3/h8,21-23H,3,6-7,9-20H2,1-2,4-5H3/t21-,22+. The second kappa shape index (κ2) is 14.2. The van der Waals surface area contributed by atoms with Crippen molar-refractivity contribution in [2.24, 2.45) is 0 Å². The van der Waals surface area contributed by atoms with E-state index in [4.69, 9.17) is 0 Å². The summed E-state index contributed by atoms with van der Waals surface area (Å²) in [5.74, 6) is 0.0883. The Bertz CT molecular complexity index is 383. The highest BCUT2D eigenvalue weighted by atomic mass is 16.2. The molecule has 2 atom stereocenters. The van der Waals surface area contributed by atoms with Crippen LogP contribution >= 0.6 is 0 Å². The summed E-state index contributed by atoms with van der Waals surface area (Å²) in [6.07, 6.45) is 17.7. The summed E-state index contributed by atoms with van der Waals surface area (Å²) in [5.41, 5.74) is 0. The van der Waals surface area contributed by atoms with Gasteiger partial charge in [-0.1, -0.05) is 84.6 Å². The summed E-state index contributed by atoms with van der Waals surface area (Å²) >= 11 is 0. The first-order valence-electron chi connectivity index (χ1n) is 11.7. The largest absolute Gasteiger partial charge is 0.331 e. The van der Waals surface area contributed by atoms with E-state index in [2.05, 4.69) is 39.2 Å². The van der Waals surface area contributed by atoms with Crippen molar-refractivity contribution in [2.45, 2.75) is 123 Å². The van der Waals surface area contributed by atoms with E-state index in [9.17, 15) is 4.79 Å². The van der Waals surface area contributed by atoms with Crippen LogP contribution in [0.25, 0.3) is 0 Å². The van der Waals surface area contributed by atoms with Gasteiger partial charge in [0.2, 0.25) is 5.91 Å². The molecule has 1 fully saturated rings. The van der Waals surface area contributed by atoms with Gasteiger partial charge in [0.1, 0.15) is 0 Å². The maximum atomic E-state index is 12.2. The molecule has 1 aliphatic rings. The SMILES string of the molecule is C=CC(=O)N1[C@H](C)CN(C(CCCCCCC)CCCCCCC)C[C@@H]1C. The molecule has 0 aliphatic carbocycles. The Morgan fingerprint density at radius 1 is 0.889 bits per heavy atom. The minimum atomic E-state index is 0.0883. The van der Waals surface area contributed by atoms with E-state index >= 15 is 0 Å². The number of rotatable bonds is 14.